The lowest BCUT2D eigenvalue weighted by atomic mass is 9.96. The number of piperidine rings is 1. The van der Waals surface area contributed by atoms with Crippen LogP contribution in [-0.2, 0) is 11.2 Å². The third-order valence-corrected chi connectivity index (χ3v) is 6.88. The maximum atomic E-state index is 14.6. The highest BCUT2D eigenvalue weighted by Crippen LogP contribution is 2.30. The highest BCUT2D eigenvalue weighted by atomic mass is 19.1. The standard InChI is InChI=1S/C23H29FN6O3/c1-3-19-17-7-4-8-18(24)20(17)30(26-19)22-25-21(33-27-22)15-9-12-28(13-10-15)14-16-6-5-11-29(16)23(31)32-2/h4,7-8,15-16H,3,5-6,9-14H2,1-2H3/t16-/m1/s1. The molecule has 0 unspecified atom stereocenters. The first-order chi connectivity index (χ1) is 16.1. The molecule has 0 N–H and O–H groups in total. The van der Waals surface area contributed by atoms with Crippen LogP contribution in [0, 0.1) is 5.82 Å². The van der Waals surface area contributed by atoms with E-state index in [1.807, 2.05) is 17.9 Å². The highest BCUT2D eigenvalue weighted by molar-refractivity contribution is 5.83. The van der Waals surface area contributed by atoms with E-state index in [-0.39, 0.29) is 29.8 Å². The van der Waals surface area contributed by atoms with E-state index in [4.69, 9.17) is 9.26 Å². The number of benzene rings is 1. The third kappa shape index (κ3) is 4.07. The summed E-state index contributed by atoms with van der Waals surface area (Å²) in [6.45, 7) is 5.40. The van der Waals surface area contributed by atoms with Crippen molar-refractivity contribution in [2.75, 3.05) is 33.3 Å². The lowest BCUT2D eigenvalue weighted by Crippen LogP contribution is -2.45. The van der Waals surface area contributed by atoms with Crippen molar-refractivity contribution in [1.29, 1.82) is 0 Å². The van der Waals surface area contributed by atoms with E-state index in [9.17, 15) is 9.18 Å². The molecule has 0 bridgehead atoms. The van der Waals surface area contributed by atoms with Crippen molar-refractivity contribution in [3.05, 3.63) is 35.6 Å². The number of carbonyl (C=O) groups is 1. The van der Waals surface area contributed by atoms with E-state index in [0.29, 0.717) is 17.8 Å². The molecule has 0 aliphatic carbocycles. The van der Waals surface area contributed by atoms with Crippen LogP contribution in [0.15, 0.2) is 22.7 Å². The molecule has 1 atom stereocenters. The molecule has 1 aromatic carbocycles. The van der Waals surface area contributed by atoms with Crippen LogP contribution in [0.25, 0.3) is 16.9 Å². The number of amides is 1. The molecule has 0 saturated carbocycles. The van der Waals surface area contributed by atoms with Gasteiger partial charge in [0.2, 0.25) is 5.89 Å². The van der Waals surface area contributed by atoms with Crippen molar-refractivity contribution in [3.63, 3.8) is 0 Å². The molecular formula is C23H29FN6O3. The van der Waals surface area contributed by atoms with Crippen molar-refractivity contribution >= 4 is 17.0 Å². The summed E-state index contributed by atoms with van der Waals surface area (Å²) in [7, 11) is 1.44. The number of ether oxygens (including phenoxy) is 1. The number of likely N-dealkylation sites (tertiary alicyclic amines) is 2. The van der Waals surface area contributed by atoms with Gasteiger partial charge in [0, 0.05) is 30.4 Å². The van der Waals surface area contributed by atoms with E-state index in [1.165, 1.54) is 17.9 Å². The van der Waals surface area contributed by atoms with Crippen molar-refractivity contribution < 1.29 is 18.4 Å². The van der Waals surface area contributed by atoms with Crippen molar-refractivity contribution in [2.45, 2.75) is 51.0 Å². The van der Waals surface area contributed by atoms with Crippen LogP contribution in [0.4, 0.5) is 9.18 Å². The summed E-state index contributed by atoms with van der Waals surface area (Å²) < 4.78 is 26.5. The molecule has 33 heavy (non-hydrogen) atoms. The van der Waals surface area contributed by atoms with Gasteiger partial charge < -0.3 is 19.1 Å². The van der Waals surface area contributed by atoms with Gasteiger partial charge in [0.25, 0.3) is 5.95 Å². The summed E-state index contributed by atoms with van der Waals surface area (Å²) in [4.78, 5) is 20.8. The second kappa shape index (κ2) is 9.09. The molecule has 10 heteroatoms. The summed E-state index contributed by atoms with van der Waals surface area (Å²) in [6.07, 6.45) is 4.26. The first-order valence-electron chi connectivity index (χ1n) is 11.7. The predicted molar refractivity (Wildman–Crippen MR) is 119 cm³/mol. The lowest BCUT2D eigenvalue weighted by Gasteiger charge is -2.34. The summed E-state index contributed by atoms with van der Waals surface area (Å²) in [6, 6.07) is 5.18. The topological polar surface area (TPSA) is 89.5 Å². The van der Waals surface area contributed by atoms with Crippen LogP contribution in [0.3, 0.4) is 0 Å². The Morgan fingerprint density at radius 3 is 2.82 bits per heavy atom. The van der Waals surface area contributed by atoms with E-state index in [0.717, 1.165) is 62.9 Å². The zero-order valence-electron chi connectivity index (χ0n) is 19.0. The number of aromatic nitrogens is 4. The monoisotopic (exact) mass is 456 g/mol. The smallest absolute Gasteiger partial charge is 0.409 e. The number of halogens is 1. The summed E-state index contributed by atoms with van der Waals surface area (Å²) in [5, 5.41) is 9.42. The number of rotatable bonds is 5. The number of hydrogen-bond donors (Lipinski definition) is 0. The molecule has 3 aromatic rings. The maximum Gasteiger partial charge on any atom is 0.409 e. The highest BCUT2D eigenvalue weighted by Gasteiger charge is 2.33. The fourth-order valence-corrected chi connectivity index (χ4v) is 5.12. The van der Waals surface area contributed by atoms with Crippen LogP contribution in [0.5, 0.6) is 0 Å². The Kier molecular flexibility index (Phi) is 6.01. The Morgan fingerprint density at radius 2 is 2.06 bits per heavy atom. The SMILES string of the molecule is CCc1nn(-c2noc(C3CCN(C[C@H]4CCCN4C(=O)OC)CC3)n2)c2c(F)cccc12. The van der Waals surface area contributed by atoms with Crippen molar-refractivity contribution in [3.8, 4) is 5.95 Å². The second-order valence-electron chi connectivity index (χ2n) is 8.82. The van der Waals surface area contributed by atoms with Crippen molar-refractivity contribution in [2.24, 2.45) is 0 Å². The van der Waals surface area contributed by atoms with Gasteiger partial charge in [-0.15, -0.1) is 0 Å². The van der Waals surface area contributed by atoms with Gasteiger partial charge in [-0.3, -0.25) is 0 Å². The average molecular weight is 457 g/mol. The number of fused-ring (bicyclic) bond motifs is 1. The molecule has 9 nitrogen and oxygen atoms in total. The van der Waals surface area contributed by atoms with Gasteiger partial charge in [-0.2, -0.15) is 14.8 Å². The molecule has 0 radical (unpaired) electrons. The number of aryl methyl sites for hydroxylation is 1. The van der Waals surface area contributed by atoms with Crippen LogP contribution in [0.2, 0.25) is 0 Å². The fraction of sp³-hybridized carbons (Fsp3) is 0.565. The van der Waals surface area contributed by atoms with Gasteiger partial charge in [0.1, 0.15) is 11.3 Å². The Balaban J connectivity index is 1.26. The van der Waals surface area contributed by atoms with Gasteiger partial charge in [-0.1, -0.05) is 19.1 Å². The molecule has 1 amide bonds. The van der Waals surface area contributed by atoms with Gasteiger partial charge in [0.15, 0.2) is 0 Å². The van der Waals surface area contributed by atoms with Gasteiger partial charge in [0.05, 0.1) is 12.8 Å². The molecular weight excluding hydrogens is 427 g/mol. The van der Waals surface area contributed by atoms with Crippen LogP contribution in [-0.4, -0.2) is 75.1 Å². The molecule has 2 saturated heterocycles. The quantitative estimate of drug-likeness (QED) is 0.580. The predicted octanol–water partition coefficient (Wildman–Crippen LogP) is 3.52. The van der Waals surface area contributed by atoms with Crippen LogP contribution >= 0.6 is 0 Å². The van der Waals surface area contributed by atoms with Crippen LogP contribution in [0.1, 0.15) is 50.1 Å². The molecule has 0 spiro atoms. The maximum absolute atomic E-state index is 14.6. The Labute approximate surface area is 191 Å². The Morgan fingerprint density at radius 1 is 1.24 bits per heavy atom. The number of hydrogen-bond acceptors (Lipinski definition) is 7. The molecule has 4 heterocycles. The van der Waals surface area contributed by atoms with E-state index in [1.54, 1.807) is 6.07 Å². The summed E-state index contributed by atoms with van der Waals surface area (Å²) in [5.74, 6) is 0.633. The normalized spacial score (nSPS) is 20.1. The molecule has 2 aromatic heterocycles. The zero-order chi connectivity index (χ0) is 22.9. The third-order valence-electron chi connectivity index (χ3n) is 6.88. The molecule has 2 fully saturated rings. The number of carbonyl (C=O) groups excluding carboxylic acids is 1. The first kappa shape index (κ1) is 21.8. The van der Waals surface area contributed by atoms with Gasteiger partial charge in [-0.05, 0) is 56.4 Å². The second-order valence-corrected chi connectivity index (χ2v) is 8.82. The molecule has 176 valence electrons. The minimum absolute atomic E-state index is 0.153. The van der Waals surface area contributed by atoms with E-state index < -0.39 is 0 Å². The summed E-state index contributed by atoms with van der Waals surface area (Å²) in [5.41, 5.74) is 1.18. The zero-order valence-corrected chi connectivity index (χ0v) is 19.0. The van der Waals surface area contributed by atoms with Gasteiger partial charge >= 0.3 is 6.09 Å². The minimum atomic E-state index is -0.354. The number of methoxy groups -OCH3 is 1. The average Bonchev–Trinajstić information content (AvgIpc) is 3.58. The summed E-state index contributed by atoms with van der Waals surface area (Å²) >= 11 is 0. The first-order valence-corrected chi connectivity index (χ1v) is 11.7. The lowest BCUT2D eigenvalue weighted by molar-refractivity contribution is 0.101. The van der Waals surface area contributed by atoms with Gasteiger partial charge in [-0.25, -0.2) is 9.18 Å². The molecule has 2 aliphatic heterocycles. The van der Waals surface area contributed by atoms with E-state index in [2.05, 4.69) is 20.1 Å². The molecule has 2 aliphatic rings. The minimum Gasteiger partial charge on any atom is -0.453 e. The Bertz CT molecular complexity index is 1140. The van der Waals surface area contributed by atoms with Crippen molar-refractivity contribution in [1.82, 2.24) is 29.7 Å². The van der Waals surface area contributed by atoms with Crippen LogP contribution < -0.4 is 0 Å². The van der Waals surface area contributed by atoms with E-state index >= 15 is 0 Å². The molecule has 5 rings (SSSR count). The number of para-hydroxylation sites is 1. The largest absolute Gasteiger partial charge is 0.453 e. The Hall–Kier alpha value is -3.01. The number of nitrogens with zero attached hydrogens (tertiary/aromatic N) is 6. The fourth-order valence-electron chi connectivity index (χ4n) is 5.12.